The van der Waals surface area contributed by atoms with Crippen molar-refractivity contribution in [2.24, 2.45) is 0 Å². The number of nitrogens with one attached hydrogen (secondary N) is 1. The summed E-state index contributed by atoms with van der Waals surface area (Å²) in [7, 11) is 3.72. The van der Waals surface area contributed by atoms with E-state index in [0.29, 0.717) is 6.04 Å². The number of methoxy groups -OCH3 is 1. The first-order valence-electron chi connectivity index (χ1n) is 5.63. The van der Waals surface area contributed by atoms with Crippen LogP contribution in [0.3, 0.4) is 0 Å². The summed E-state index contributed by atoms with van der Waals surface area (Å²) in [6.07, 6.45) is 3.67. The van der Waals surface area contributed by atoms with Crippen LogP contribution in [0.5, 0.6) is 5.75 Å². The summed E-state index contributed by atoms with van der Waals surface area (Å²) >= 11 is 0. The molecule has 1 N–H and O–H groups in total. The number of hydrogen-bond acceptors (Lipinski definition) is 2. The standard InChI is InChI=1S/C13H21NO/c1-4-5-9-13(14-2)11-7-6-8-12(10-11)15-3/h6-8,10,13-14H,4-5,9H2,1-3H3. The van der Waals surface area contributed by atoms with Crippen molar-refractivity contribution in [3.8, 4) is 5.75 Å². The van der Waals surface area contributed by atoms with E-state index in [1.54, 1.807) is 7.11 Å². The lowest BCUT2D eigenvalue weighted by atomic mass is 10.0. The third-order valence-electron chi connectivity index (χ3n) is 2.69. The highest BCUT2D eigenvalue weighted by atomic mass is 16.5. The molecule has 2 heteroatoms. The number of rotatable bonds is 6. The van der Waals surface area contributed by atoms with Crippen LogP contribution >= 0.6 is 0 Å². The first-order chi connectivity index (χ1) is 7.31. The fourth-order valence-electron chi connectivity index (χ4n) is 1.74. The first kappa shape index (κ1) is 12.1. The Morgan fingerprint density at radius 2 is 2.20 bits per heavy atom. The molecule has 2 nitrogen and oxygen atoms in total. The third kappa shape index (κ3) is 3.56. The molecule has 1 aromatic carbocycles. The molecule has 0 saturated carbocycles. The molecule has 0 fully saturated rings. The Morgan fingerprint density at radius 3 is 2.80 bits per heavy atom. The molecule has 0 radical (unpaired) electrons. The van der Waals surface area contributed by atoms with Crippen molar-refractivity contribution >= 4 is 0 Å². The van der Waals surface area contributed by atoms with Crippen LogP contribution in [-0.2, 0) is 0 Å². The quantitative estimate of drug-likeness (QED) is 0.773. The lowest BCUT2D eigenvalue weighted by molar-refractivity contribution is 0.412. The molecule has 0 aromatic heterocycles. The molecule has 0 heterocycles. The van der Waals surface area contributed by atoms with Crippen molar-refractivity contribution in [3.63, 3.8) is 0 Å². The van der Waals surface area contributed by atoms with E-state index in [9.17, 15) is 0 Å². The van der Waals surface area contributed by atoms with Crippen LogP contribution in [0.4, 0.5) is 0 Å². The van der Waals surface area contributed by atoms with Crippen LogP contribution in [0.2, 0.25) is 0 Å². The molecule has 1 atom stereocenters. The van der Waals surface area contributed by atoms with Crippen molar-refractivity contribution in [2.45, 2.75) is 32.2 Å². The van der Waals surface area contributed by atoms with Crippen molar-refractivity contribution in [1.82, 2.24) is 5.32 Å². The minimum Gasteiger partial charge on any atom is -0.497 e. The highest BCUT2D eigenvalue weighted by Crippen LogP contribution is 2.22. The molecule has 0 spiro atoms. The third-order valence-corrected chi connectivity index (χ3v) is 2.69. The summed E-state index contributed by atoms with van der Waals surface area (Å²) < 4.78 is 5.23. The summed E-state index contributed by atoms with van der Waals surface area (Å²) in [5.41, 5.74) is 1.31. The summed E-state index contributed by atoms with van der Waals surface area (Å²) in [6, 6.07) is 8.73. The van der Waals surface area contributed by atoms with E-state index in [1.807, 2.05) is 19.2 Å². The molecule has 84 valence electrons. The molecule has 0 aliphatic rings. The Bertz CT molecular complexity index is 286. The number of unbranched alkanes of at least 4 members (excludes halogenated alkanes) is 1. The van der Waals surface area contributed by atoms with Crippen molar-refractivity contribution in [1.29, 1.82) is 0 Å². The minimum absolute atomic E-state index is 0.444. The SMILES string of the molecule is CCCCC(NC)c1cccc(OC)c1. The van der Waals surface area contributed by atoms with E-state index in [2.05, 4.69) is 24.4 Å². The average Bonchev–Trinajstić information content (AvgIpc) is 2.30. The Balaban J connectivity index is 2.72. The van der Waals surface area contributed by atoms with E-state index in [4.69, 9.17) is 4.74 Å². The van der Waals surface area contributed by atoms with Crippen LogP contribution < -0.4 is 10.1 Å². The number of benzene rings is 1. The van der Waals surface area contributed by atoms with Gasteiger partial charge in [0.25, 0.3) is 0 Å². The monoisotopic (exact) mass is 207 g/mol. The molecule has 0 aliphatic carbocycles. The van der Waals surface area contributed by atoms with Crippen molar-refractivity contribution < 1.29 is 4.74 Å². The van der Waals surface area contributed by atoms with Gasteiger partial charge in [0, 0.05) is 6.04 Å². The molecule has 0 amide bonds. The van der Waals surface area contributed by atoms with Crippen LogP contribution in [0.1, 0.15) is 37.8 Å². The maximum atomic E-state index is 5.23. The normalized spacial score (nSPS) is 12.5. The van der Waals surface area contributed by atoms with Crippen LogP contribution in [0.15, 0.2) is 24.3 Å². The van der Waals surface area contributed by atoms with Crippen LogP contribution in [-0.4, -0.2) is 14.2 Å². The summed E-state index contributed by atoms with van der Waals surface area (Å²) in [6.45, 7) is 2.22. The first-order valence-corrected chi connectivity index (χ1v) is 5.63. The minimum atomic E-state index is 0.444. The fraction of sp³-hybridized carbons (Fsp3) is 0.538. The van der Waals surface area contributed by atoms with E-state index in [-0.39, 0.29) is 0 Å². The van der Waals surface area contributed by atoms with Gasteiger partial charge in [-0.05, 0) is 31.2 Å². The zero-order valence-corrected chi connectivity index (χ0v) is 9.92. The molecule has 0 saturated heterocycles. The second-order valence-electron chi connectivity index (χ2n) is 3.76. The van der Waals surface area contributed by atoms with Crippen LogP contribution in [0.25, 0.3) is 0 Å². The van der Waals surface area contributed by atoms with E-state index >= 15 is 0 Å². The maximum absolute atomic E-state index is 5.23. The molecule has 1 aromatic rings. The van der Waals surface area contributed by atoms with Gasteiger partial charge in [-0.3, -0.25) is 0 Å². The Labute approximate surface area is 92.6 Å². The molecule has 1 unspecified atom stereocenters. The van der Waals surface area contributed by atoms with Gasteiger partial charge in [-0.2, -0.15) is 0 Å². The second-order valence-corrected chi connectivity index (χ2v) is 3.76. The fourth-order valence-corrected chi connectivity index (χ4v) is 1.74. The highest BCUT2D eigenvalue weighted by molar-refractivity contribution is 5.30. The van der Waals surface area contributed by atoms with Gasteiger partial charge in [-0.25, -0.2) is 0 Å². The molecule has 0 bridgehead atoms. The molecular weight excluding hydrogens is 186 g/mol. The lowest BCUT2D eigenvalue weighted by Gasteiger charge is -2.16. The second kappa shape index (κ2) is 6.46. The lowest BCUT2D eigenvalue weighted by Crippen LogP contribution is -2.16. The van der Waals surface area contributed by atoms with Gasteiger partial charge < -0.3 is 10.1 Å². The summed E-state index contributed by atoms with van der Waals surface area (Å²) in [4.78, 5) is 0. The van der Waals surface area contributed by atoms with Gasteiger partial charge in [-0.15, -0.1) is 0 Å². The maximum Gasteiger partial charge on any atom is 0.119 e. The van der Waals surface area contributed by atoms with Crippen molar-refractivity contribution in [2.75, 3.05) is 14.2 Å². The van der Waals surface area contributed by atoms with E-state index < -0.39 is 0 Å². The van der Waals surface area contributed by atoms with Gasteiger partial charge in [0.05, 0.1) is 7.11 Å². The van der Waals surface area contributed by atoms with Gasteiger partial charge in [0.15, 0.2) is 0 Å². The molecule has 0 aliphatic heterocycles. The zero-order chi connectivity index (χ0) is 11.1. The number of ether oxygens (including phenoxy) is 1. The molecule has 1 rings (SSSR count). The van der Waals surface area contributed by atoms with E-state index in [1.165, 1.54) is 24.8 Å². The van der Waals surface area contributed by atoms with Gasteiger partial charge >= 0.3 is 0 Å². The Hall–Kier alpha value is -1.02. The van der Waals surface area contributed by atoms with Gasteiger partial charge in [-0.1, -0.05) is 31.9 Å². The smallest absolute Gasteiger partial charge is 0.119 e. The molecule has 15 heavy (non-hydrogen) atoms. The topological polar surface area (TPSA) is 21.3 Å². The summed E-state index contributed by atoms with van der Waals surface area (Å²) in [5, 5.41) is 3.35. The predicted molar refractivity (Wildman–Crippen MR) is 64.3 cm³/mol. The Morgan fingerprint density at radius 1 is 1.40 bits per heavy atom. The van der Waals surface area contributed by atoms with E-state index in [0.717, 1.165) is 5.75 Å². The number of hydrogen-bond donors (Lipinski definition) is 1. The van der Waals surface area contributed by atoms with Gasteiger partial charge in [0.2, 0.25) is 0 Å². The average molecular weight is 207 g/mol. The predicted octanol–water partition coefficient (Wildman–Crippen LogP) is 3.15. The van der Waals surface area contributed by atoms with Crippen LogP contribution in [0, 0.1) is 0 Å². The zero-order valence-electron chi connectivity index (χ0n) is 9.92. The highest BCUT2D eigenvalue weighted by Gasteiger charge is 2.08. The van der Waals surface area contributed by atoms with Gasteiger partial charge in [0.1, 0.15) is 5.75 Å². The largest absolute Gasteiger partial charge is 0.497 e. The molecular formula is C13H21NO. The Kier molecular flexibility index (Phi) is 5.19. The summed E-state index contributed by atoms with van der Waals surface area (Å²) in [5.74, 6) is 0.934. The van der Waals surface area contributed by atoms with Crippen molar-refractivity contribution in [3.05, 3.63) is 29.8 Å².